The zero-order valence-electron chi connectivity index (χ0n) is 11.9. The number of hydrogen-bond acceptors (Lipinski definition) is 2. The molecule has 1 aliphatic heterocycles. The lowest BCUT2D eigenvalue weighted by Crippen LogP contribution is -2.26. The van der Waals surface area contributed by atoms with Gasteiger partial charge >= 0.3 is 6.36 Å². The van der Waals surface area contributed by atoms with Gasteiger partial charge in [-0.15, -0.1) is 13.2 Å². The van der Waals surface area contributed by atoms with E-state index in [4.69, 9.17) is 11.6 Å². The minimum Gasteiger partial charge on any atom is -0.406 e. The van der Waals surface area contributed by atoms with Crippen molar-refractivity contribution < 1.29 is 17.9 Å². The minimum atomic E-state index is -4.71. The number of rotatable bonds is 1. The number of halogens is 4. The van der Waals surface area contributed by atoms with E-state index in [1.165, 1.54) is 12.1 Å². The average molecular weight is 328 g/mol. The minimum absolute atomic E-state index is 0.250. The number of benzene rings is 2. The molecule has 0 amide bonds. The zero-order chi connectivity index (χ0) is 16.1. The molecule has 0 saturated carbocycles. The second kappa shape index (κ2) is 4.81. The fraction of sp³-hybridized carbons (Fsp3) is 0.250. The Hall–Kier alpha value is -1.88. The monoisotopic (exact) mass is 327 g/mol. The molecule has 3 rings (SSSR count). The molecule has 6 heteroatoms. The number of hydrogen-bond donors (Lipinski definition) is 1. The van der Waals surface area contributed by atoms with Crippen LogP contribution in [0.1, 0.15) is 25.0 Å². The molecule has 1 N–H and O–H groups in total. The molecule has 0 unspecified atom stereocenters. The van der Waals surface area contributed by atoms with Crippen LogP contribution >= 0.6 is 11.6 Å². The van der Waals surface area contributed by atoms with Gasteiger partial charge in [-0.2, -0.15) is 0 Å². The standard InChI is InChI=1S/C16H13ClF3NO/c1-15(2)11-5-3-9(17)7-13(11)21-14-8-10(4-6-12(14)15)22-16(18,19)20/h3-8,21H,1-2H3. The first-order chi connectivity index (χ1) is 10.2. The van der Waals surface area contributed by atoms with Gasteiger partial charge < -0.3 is 10.1 Å². The van der Waals surface area contributed by atoms with Crippen molar-refractivity contribution in [2.45, 2.75) is 25.6 Å². The van der Waals surface area contributed by atoms with E-state index in [0.29, 0.717) is 10.7 Å². The van der Waals surface area contributed by atoms with E-state index < -0.39 is 6.36 Å². The van der Waals surface area contributed by atoms with Gasteiger partial charge in [-0.25, -0.2) is 0 Å². The van der Waals surface area contributed by atoms with Crippen molar-refractivity contribution in [3.05, 3.63) is 52.5 Å². The van der Waals surface area contributed by atoms with E-state index in [0.717, 1.165) is 16.8 Å². The van der Waals surface area contributed by atoms with E-state index >= 15 is 0 Å². The van der Waals surface area contributed by atoms with Gasteiger partial charge in [-0.3, -0.25) is 0 Å². The number of fused-ring (bicyclic) bond motifs is 2. The Morgan fingerprint density at radius 1 is 1.00 bits per heavy atom. The molecule has 2 nitrogen and oxygen atoms in total. The smallest absolute Gasteiger partial charge is 0.406 e. The Balaban J connectivity index is 2.07. The van der Waals surface area contributed by atoms with Gasteiger partial charge in [0.25, 0.3) is 0 Å². The zero-order valence-corrected chi connectivity index (χ0v) is 12.6. The molecule has 0 radical (unpaired) electrons. The van der Waals surface area contributed by atoms with Crippen molar-refractivity contribution in [1.29, 1.82) is 0 Å². The molecule has 116 valence electrons. The van der Waals surface area contributed by atoms with Gasteiger partial charge in [-0.05, 0) is 29.3 Å². The lowest BCUT2D eigenvalue weighted by molar-refractivity contribution is -0.274. The van der Waals surface area contributed by atoms with Gasteiger partial charge in [0.1, 0.15) is 5.75 Å². The number of anilines is 2. The number of ether oxygens (including phenoxy) is 1. The third kappa shape index (κ3) is 2.61. The SMILES string of the molecule is CC1(C)c2ccc(Cl)cc2Nc2cc(OC(F)(F)F)ccc21. The summed E-state index contributed by atoms with van der Waals surface area (Å²) >= 11 is 6.00. The van der Waals surface area contributed by atoms with E-state index in [1.54, 1.807) is 18.2 Å². The first-order valence-electron chi connectivity index (χ1n) is 6.64. The van der Waals surface area contributed by atoms with Crippen LogP contribution < -0.4 is 10.1 Å². The van der Waals surface area contributed by atoms with Crippen LogP contribution in [0.15, 0.2) is 36.4 Å². The Morgan fingerprint density at radius 3 is 2.23 bits per heavy atom. The molecule has 1 aliphatic rings. The van der Waals surface area contributed by atoms with E-state index in [2.05, 4.69) is 10.1 Å². The normalized spacial score (nSPS) is 15.5. The van der Waals surface area contributed by atoms with Crippen LogP contribution in [0.4, 0.5) is 24.5 Å². The maximum absolute atomic E-state index is 12.4. The van der Waals surface area contributed by atoms with Crippen LogP contribution in [0.2, 0.25) is 5.02 Å². The summed E-state index contributed by atoms with van der Waals surface area (Å²) in [6.07, 6.45) is -4.71. The van der Waals surface area contributed by atoms with Gasteiger partial charge in [-0.1, -0.05) is 37.6 Å². The summed E-state index contributed by atoms with van der Waals surface area (Å²) in [5.74, 6) is -0.250. The molecule has 0 aromatic heterocycles. The topological polar surface area (TPSA) is 21.3 Å². The van der Waals surface area contributed by atoms with Gasteiger partial charge in [0.05, 0.1) is 0 Å². The lowest BCUT2D eigenvalue weighted by atomic mass is 9.74. The predicted octanol–water partition coefficient (Wildman–Crippen LogP) is 5.62. The van der Waals surface area contributed by atoms with Crippen molar-refractivity contribution in [3.63, 3.8) is 0 Å². The molecular weight excluding hydrogens is 315 g/mol. The number of nitrogens with one attached hydrogen (secondary N) is 1. The summed E-state index contributed by atoms with van der Waals surface area (Å²) in [6, 6.07) is 9.83. The number of alkyl halides is 3. The Kier molecular flexibility index (Phi) is 3.29. The summed E-state index contributed by atoms with van der Waals surface area (Å²) in [7, 11) is 0. The second-order valence-corrected chi connectivity index (χ2v) is 6.13. The molecule has 0 atom stereocenters. The molecule has 2 aromatic rings. The van der Waals surface area contributed by atoms with Crippen molar-refractivity contribution >= 4 is 23.0 Å². The Morgan fingerprint density at radius 2 is 1.59 bits per heavy atom. The van der Waals surface area contributed by atoms with E-state index in [1.807, 2.05) is 19.9 Å². The van der Waals surface area contributed by atoms with Crippen molar-refractivity contribution in [3.8, 4) is 5.75 Å². The summed E-state index contributed by atoms with van der Waals surface area (Å²) in [5.41, 5.74) is 2.96. The molecule has 1 heterocycles. The average Bonchev–Trinajstić information content (AvgIpc) is 2.35. The third-order valence-corrected chi connectivity index (χ3v) is 4.06. The highest BCUT2D eigenvalue weighted by atomic mass is 35.5. The van der Waals surface area contributed by atoms with Crippen molar-refractivity contribution in [2.24, 2.45) is 0 Å². The van der Waals surface area contributed by atoms with E-state index in [-0.39, 0.29) is 11.2 Å². The summed E-state index contributed by atoms with van der Waals surface area (Å²) in [5, 5.41) is 3.69. The van der Waals surface area contributed by atoms with Crippen LogP contribution in [0.5, 0.6) is 5.75 Å². The predicted molar refractivity (Wildman–Crippen MR) is 80.0 cm³/mol. The lowest BCUT2D eigenvalue weighted by Gasteiger charge is -2.36. The molecular formula is C16H13ClF3NO. The molecule has 22 heavy (non-hydrogen) atoms. The molecule has 0 bridgehead atoms. The fourth-order valence-corrected chi connectivity index (χ4v) is 3.00. The molecule has 0 saturated heterocycles. The van der Waals surface area contributed by atoms with Crippen molar-refractivity contribution in [2.75, 3.05) is 5.32 Å². The maximum atomic E-state index is 12.4. The Labute approximate surface area is 130 Å². The molecule has 0 fully saturated rings. The fourth-order valence-electron chi connectivity index (χ4n) is 2.82. The van der Waals surface area contributed by atoms with Gasteiger partial charge in [0, 0.05) is 27.9 Å². The van der Waals surface area contributed by atoms with Gasteiger partial charge in [0.15, 0.2) is 0 Å². The first kappa shape index (κ1) is 15.0. The summed E-state index contributed by atoms with van der Waals surface area (Å²) in [4.78, 5) is 0. The third-order valence-electron chi connectivity index (χ3n) is 3.82. The highest BCUT2D eigenvalue weighted by Gasteiger charge is 2.35. The van der Waals surface area contributed by atoms with Crippen LogP contribution in [-0.2, 0) is 5.41 Å². The Bertz CT molecular complexity index is 741. The highest BCUT2D eigenvalue weighted by molar-refractivity contribution is 6.31. The van der Waals surface area contributed by atoms with Gasteiger partial charge in [0.2, 0.25) is 0 Å². The van der Waals surface area contributed by atoms with Crippen LogP contribution in [0.25, 0.3) is 0 Å². The molecule has 2 aromatic carbocycles. The van der Waals surface area contributed by atoms with E-state index in [9.17, 15) is 13.2 Å². The first-order valence-corrected chi connectivity index (χ1v) is 7.02. The highest BCUT2D eigenvalue weighted by Crippen LogP contribution is 2.47. The van der Waals surface area contributed by atoms with Crippen molar-refractivity contribution in [1.82, 2.24) is 0 Å². The van der Waals surface area contributed by atoms with Crippen LogP contribution in [-0.4, -0.2) is 6.36 Å². The largest absolute Gasteiger partial charge is 0.573 e. The molecule has 0 aliphatic carbocycles. The summed E-state index contributed by atoms with van der Waals surface area (Å²) < 4.78 is 41.1. The van der Waals surface area contributed by atoms with Crippen LogP contribution in [0.3, 0.4) is 0 Å². The summed E-state index contributed by atoms with van der Waals surface area (Å²) in [6.45, 7) is 4.04. The maximum Gasteiger partial charge on any atom is 0.573 e. The second-order valence-electron chi connectivity index (χ2n) is 5.70. The quantitative estimate of drug-likeness (QED) is 0.733. The molecule has 0 spiro atoms. The van der Waals surface area contributed by atoms with Crippen LogP contribution in [0, 0.1) is 0 Å².